The fourth-order valence-electron chi connectivity index (χ4n) is 4.15. The van der Waals surface area contributed by atoms with E-state index >= 15 is 0 Å². The summed E-state index contributed by atoms with van der Waals surface area (Å²) < 4.78 is 33.5. The standard InChI is InChI=1S/C26H27NO5S/c1-19-12-14-23(15-13-19)33(30,31)27-17-22(16-20-8-4-2-5-9-20)25(28)24(27)26(29)32-18-21-10-6-3-7-11-21/h2-15,22,24-25,28H,16-18H2,1H3/t22-,24-,25-/m0/s1. The highest BCUT2D eigenvalue weighted by Gasteiger charge is 2.51. The molecule has 6 nitrogen and oxygen atoms in total. The van der Waals surface area contributed by atoms with Gasteiger partial charge in [-0.15, -0.1) is 0 Å². The predicted octanol–water partition coefficient (Wildman–Crippen LogP) is 3.33. The quantitative estimate of drug-likeness (QED) is 0.541. The minimum Gasteiger partial charge on any atom is -0.460 e. The molecule has 0 radical (unpaired) electrons. The number of benzene rings is 3. The molecule has 0 amide bonds. The maximum absolute atomic E-state index is 13.5. The number of sulfonamides is 1. The van der Waals surface area contributed by atoms with Crippen LogP contribution in [0.25, 0.3) is 0 Å². The van der Waals surface area contributed by atoms with Gasteiger partial charge < -0.3 is 9.84 Å². The van der Waals surface area contributed by atoms with Gasteiger partial charge >= 0.3 is 5.97 Å². The first-order valence-corrected chi connectivity index (χ1v) is 12.3. The topological polar surface area (TPSA) is 83.9 Å². The molecule has 1 N–H and O–H groups in total. The van der Waals surface area contributed by atoms with Gasteiger partial charge in [0, 0.05) is 12.5 Å². The molecule has 3 aromatic carbocycles. The lowest BCUT2D eigenvalue weighted by Crippen LogP contribution is -2.46. The van der Waals surface area contributed by atoms with E-state index in [4.69, 9.17) is 4.74 Å². The molecule has 0 bridgehead atoms. The zero-order chi connectivity index (χ0) is 23.4. The second-order valence-corrected chi connectivity index (χ2v) is 10.3. The molecule has 0 unspecified atom stereocenters. The maximum Gasteiger partial charge on any atom is 0.327 e. The van der Waals surface area contributed by atoms with Gasteiger partial charge in [0.1, 0.15) is 12.6 Å². The summed E-state index contributed by atoms with van der Waals surface area (Å²) in [6.07, 6.45) is -0.738. The lowest BCUT2D eigenvalue weighted by molar-refractivity contribution is -0.151. The highest BCUT2D eigenvalue weighted by molar-refractivity contribution is 7.89. The monoisotopic (exact) mass is 465 g/mol. The SMILES string of the molecule is Cc1ccc(S(=O)(=O)N2C[C@H](Cc3ccccc3)[C@H](O)[C@H]2C(=O)OCc2ccccc2)cc1. The van der Waals surface area contributed by atoms with E-state index in [1.807, 2.05) is 67.6 Å². The number of hydrogen-bond donors (Lipinski definition) is 1. The minimum atomic E-state index is -4.02. The van der Waals surface area contributed by atoms with Crippen molar-refractivity contribution in [1.29, 1.82) is 0 Å². The minimum absolute atomic E-state index is 0.00463. The van der Waals surface area contributed by atoms with Crippen LogP contribution in [0.1, 0.15) is 16.7 Å². The van der Waals surface area contributed by atoms with Crippen LogP contribution in [0.4, 0.5) is 0 Å². The van der Waals surface area contributed by atoms with Gasteiger partial charge in [0.15, 0.2) is 0 Å². The normalized spacial score (nSPS) is 21.1. The number of ether oxygens (including phenoxy) is 1. The van der Waals surface area contributed by atoms with Gasteiger partial charge in [-0.25, -0.2) is 8.42 Å². The van der Waals surface area contributed by atoms with Crippen LogP contribution in [0.3, 0.4) is 0 Å². The molecule has 0 aliphatic carbocycles. The lowest BCUT2D eigenvalue weighted by atomic mass is 9.94. The Hall–Kier alpha value is -3.00. The van der Waals surface area contributed by atoms with Gasteiger partial charge in [-0.05, 0) is 36.6 Å². The Morgan fingerprint density at radius 2 is 1.52 bits per heavy atom. The first kappa shape index (κ1) is 23.2. The molecule has 1 fully saturated rings. The summed E-state index contributed by atoms with van der Waals surface area (Å²) in [5, 5.41) is 11.1. The average Bonchev–Trinajstić information content (AvgIpc) is 3.16. The third-order valence-corrected chi connectivity index (χ3v) is 7.83. The average molecular weight is 466 g/mol. The van der Waals surface area contributed by atoms with Crippen LogP contribution in [-0.4, -0.2) is 42.5 Å². The van der Waals surface area contributed by atoms with Crippen LogP contribution < -0.4 is 0 Å². The Morgan fingerprint density at radius 1 is 0.939 bits per heavy atom. The van der Waals surface area contributed by atoms with Gasteiger partial charge in [0.2, 0.25) is 10.0 Å². The molecule has 3 aromatic rings. The van der Waals surface area contributed by atoms with Gasteiger partial charge in [0.05, 0.1) is 11.0 Å². The molecule has 3 atom stereocenters. The molecule has 0 aromatic heterocycles. The van der Waals surface area contributed by atoms with Crippen molar-refractivity contribution in [3.63, 3.8) is 0 Å². The van der Waals surface area contributed by atoms with Crippen molar-refractivity contribution in [2.75, 3.05) is 6.54 Å². The van der Waals surface area contributed by atoms with Crippen molar-refractivity contribution in [2.45, 2.75) is 37.0 Å². The van der Waals surface area contributed by atoms with E-state index in [-0.39, 0.29) is 18.0 Å². The summed E-state index contributed by atoms with van der Waals surface area (Å²) in [7, 11) is -4.02. The van der Waals surface area contributed by atoms with E-state index in [2.05, 4.69) is 0 Å². The van der Waals surface area contributed by atoms with Crippen LogP contribution in [0.5, 0.6) is 0 Å². The Morgan fingerprint density at radius 3 is 2.12 bits per heavy atom. The Balaban J connectivity index is 1.61. The van der Waals surface area contributed by atoms with E-state index in [1.54, 1.807) is 12.1 Å². The van der Waals surface area contributed by atoms with E-state index in [9.17, 15) is 18.3 Å². The smallest absolute Gasteiger partial charge is 0.327 e. The molecular formula is C26H27NO5S. The highest BCUT2D eigenvalue weighted by atomic mass is 32.2. The highest BCUT2D eigenvalue weighted by Crippen LogP contribution is 2.33. The second-order valence-electron chi connectivity index (χ2n) is 8.37. The number of hydrogen-bond acceptors (Lipinski definition) is 5. The second kappa shape index (κ2) is 9.87. The molecule has 33 heavy (non-hydrogen) atoms. The molecule has 1 aliphatic rings. The summed E-state index contributed by atoms with van der Waals surface area (Å²) >= 11 is 0. The molecular weight excluding hydrogens is 438 g/mol. The van der Waals surface area contributed by atoms with Crippen molar-refractivity contribution >= 4 is 16.0 Å². The number of esters is 1. The van der Waals surface area contributed by atoms with E-state index in [0.717, 1.165) is 21.0 Å². The zero-order valence-corrected chi connectivity index (χ0v) is 19.2. The molecule has 172 valence electrons. The first-order chi connectivity index (χ1) is 15.9. The molecule has 0 spiro atoms. The van der Waals surface area contributed by atoms with Gasteiger partial charge in [-0.1, -0.05) is 78.4 Å². The summed E-state index contributed by atoms with van der Waals surface area (Å²) in [5.74, 6) is -1.19. The molecule has 1 heterocycles. The fourth-order valence-corrected chi connectivity index (χ4v) is 5.80. The zero-order valence-electron chi connectivity index (χ0n) is 18.4. The van der Waals surface area contributed by atoms with Crippen LogP contribution >= 0.6 is 0 Å². The van der Waals surface area contributed by atoms with Crippen LogP contribution in [0.15, 0.2) is 89.8 Å². The summed E-state index contributed by atoms with van der Waals surface area (Å²) in [6, 6.07) is 23.8. The Kier molecular flexibility index (Phi) is 6.93. The van der Waals surface area contributed by atoms with Gasteiger partial charge in [0.25, 0.3) is 0 Å². The molecule has 1 aliphatic heterocycles. The number of nitrogens with zero attached hydrogens (tertiary/aromatic N) is 1. The van der Waals surface area contributed by atoms with Crippen molar-refractivity contribution in [2.24, 2.45) is 5.92 Å². The number of aliphatic hydroxyl groups excluding tert-OH is 1. The maximum atomic E-state index is 13.5. The predicted molar refractivity (Wildman–Crippen MR) is 125 cm³/mol. The number of rotatable bonds is 7. The number of aryl methyl sites for hydroxylation is 1. The Bertz CT molecular complexity index is 1180. The Labute approximate surface area is 194 Å². The van der Waals surface area contributed by atoms with Crippen LogP contribution in [0, 0.1) is 12.8 Å². The van der Waals surface area contributed by atoms with Crippen molar-refractivity contribution in [3.8, 4) is 0 Å². The molecule has 1 saturated heterocycles. The van der Waals surface area contributed by atoms with Gasteiger partial charge in [-0.3, -0.25) is 4.79 Å². The van der Waals surface area contributed by atoms with Crippen LogP contribution in [0.2, 0.25) is 0 Å². The van der Waals surface area contributed by atoms with Crippen molar-refractivity contribution in [1.82, 2.24) is 4.31 Å². The number of carbonyl (C=O) groups is 1. The van der Waals surface area contributed by atoms with Crippen molar-refractivity contribution < 1.29 is 23.1 Å². The number of aliphatic hydroxyl groups is 1. The third-order valence-electron chi connectivity index (χ3n) is 5.96. The molecule has 7 heteroatoms. The number of carbonyl (C=O) groups excluding carboxylic acids is 1. The molecule has 4 rings (SSSR count). The lowest BCUT2D eigenvalue weighted by Gasteiger charge is -2.24. The third kappa shape index (κ3) is 5.16. The summed E-state index contributed by atoms with van der Waals surface area (Å²) in [5.41, 5.74) is 2.68. The molecule has 0 saturated carbocycles. The summed E-state index contributed by atoms with van der Waals surface area (Å²) in [4.78, 5) is 13.2. The van der Waals surface area contributed by atoms with Gasteiger partial charge in [-0.2, -0.15) is 4.31 Å². The van der Waals surface area contributed by atoms with E-state index < -0.39 is 34.1 Å². The van der Waals surface area contributed by atoms with E-state index in [0.29, 0.717) is 6.42 Å². The largest absolute Gasteiger partial charge is 0.460 e. The van der Waals surface area contributed by atoms with E-state index in [1.165, 1.54) is 12.1 Å². The fraction of sp³-hybridized carbons (Fsp3) is 0.269. The first-order valence-electron chi connectivity index (χ1n) is 10.9. The van der Waals surface area contributed by atoms with Crippen molar-refractivity contribution in [3.05, 3.63) is 102 Å². The van der Waals surface area contributed by atoms with Crippen LogP contribution in [-0.2, 0) is 32.6 Å². The summed E-state index contributed by atoms with van der Waals surface area (Å²) in [6.45, 7) is 1.90.